The van der Waals surface area contributed by atoms with Gasteiger partial charge >= 0.3 is 0 Å². The summed E-state index contributed by atoms with van der Waals surface area (Å²) in [5.41, 5.74) is 2.11. The first-order chi connectivity index (χ1) is 9.98. The van der Waals surface area contributed by atoms with Gasteiger partial charge in [0.1, 0.15) is 11.5 Å². The molecule has 1 amide bonds. The summed E-state index contributed by atoms with van der Waals surface area (Å²) in [4.78, 5) is 24.1. The molecule has 0 spiro atoms. The second-order valence-electron chi connectivity index (χ2n) is 5.86. The number of hydrogen-bond acceptors (Lipinski definition) is 3. The van der Waals surface area contributed by atoms with Crippen LogP contribution in [0.3, 0.4) is 0 Å². The number of furan rings is 1. The highest BCUT2D eigenvalue weighted by atomic mass is 16.3. The van der Waals surface area contributed by atoms with Gasteiger partial charge in [0.2, 0.25) is 0 Å². The number of hydrogen-bond donors (Lipinski definition) is 1. The largest absolute Gasteiger partial charge is 0.467 e. The van der Waals surface area contributed by atoms with Crippen molar-refractivity contribution in [3.05, 3.63) is 59.0 Å². The first-order valence-electron chi connectivity index (χ1n) is 6.96. The van der Waals surface area contributed by atoms with Gasteiger partial charge in [-0.2, -0.15) is 0 Å². The average molecular weight is 283 g/mol. The van der Waals surface area contributed by atoms with Crippen molar-refractivity contribution in [1.82, 2.24) is 5.32 Å². The molecule has 21 heavy (non-hydrogen) atoms. The van der Waals surface area contributed by atoms with E-state index in [-0.39, 0.29) is 11.7 Å². The number of ketones is 1. The number of carbonyl (C=O) groups excluding carboxylic acids is 2. The molecular weight excluding hydrogens is 266 g/mol. The van der Waals surface area contributed by atoms with Crippen LogP contribution < -0.4 is 5.32 Å². The SMILES string of the molecule is CC1(C)C(=O)Cc2cc(C(=O)NCc3ccco3)ccc21. The lowest BCUT2D eigenvalue weighted by atomic mass is 9.85. The van der Waals surface area contributed by atoms with Crippen LogP contribution in [0.1, 0.15) is 41.1 Å². The Bertz CT molecular complexity index is 699. The summed E-state index contributed by atoms with van der Waals surface area (Å²) >= 11 is 0. The molecule has 4 heteroatoms. The molecule has 0 fully saturated rings. The van der Waals surface area contributed by atoms with Crippen LogP contribution in [0.2, 0.25) is 0 Å². The molecular formula is C17H17NO3. The molecule has 0 saturated carbocycles. The standard InChI is InChI=1S/C17H17NO3/c1-17(2)14-6-5-11(8-12(14)9-15(17)19)16(20)18-10-13-4-3-7-21-13/h3-8H,9-10H2,1-2H3,(H,18,20). The van der Waals surface area contributed by atoms with Gasteiger partial charge in [0.25, 0.3) is 5.91 Å². The zero-order valence-electron chi connectivity index (χ0n) is 12.1. The van der Waals surface area contributed by atoms with Crippen molar-refractivity contribution >= 4 is 11.7 Å². The molecule has 1 heterocycles. The molecule has 4 nitrogen and oxygen atoms in total. The van der Waals surface area contributed by atoms with Crippen molar-refractivity contribution in [2.24, 2.45) is 0 Å². The van der Waals surface area contributed by atoms with Gasteiger partial charge in [-0.3, -0.25) is 9.59 Å². The maximum atomic E-state index is 12.1. The molecule has 0 unspecified atom stereocenters. The van der Waals surface area contributed by atoms with E-state index in [1.54, 1.807) is 18.4 Å². The number of amides is 1. The summed E-state index contributed by atoms with van der Waals surface area (Å²) in [6.07, 6.45) is 1.98. The lowest BCUT2D eigenvalue weighted by Gasteiger charge is -2.17. The van der Waals surface area contributed by atoms with Crippen molar-refractivity contribution in [2.45, 2.75) is 32.2 Å². The summed E-state index contributed by atoms with van der Waals surface area (Å²) in [5.74, 6) is 0.748. The highest BCUT2D eigenvalue weighted by molar-refractivity contribution is 5.98. The number of rotatable bonds is 3. The van der Waals surface area contributed by atoms with Gasteiger partial charge in [0.15, 0.2) is 0 Å². The highest BCUT2D eigenvalue weighted by Crippen LogP contribution is 2.35. The summed E-state index contributed by atoms with van der Waals surface area (Å²) < 4.78 is 5.18. The highest BCUT2D eigenvalue weighted by Gasteiger charge is 2.38. The van der Waals surface area contributed by atoms with Crippen molar-refractivity contribution < 1.29 is 14.0 Å². The summed E-state index contributed by atoms with van der Waals surface area (Å²) in [6, 6.07) is 9.08. The summed E-state index contributed by atoms with van der Waals surface area (Å²) in [6.45, 7) is 4.21. The van der Waals surface area contributed by atoms with E-state index in [9.17, 15) is 9.59 Å². The van der Waals surface area contributed by atoms with Crippen LogP contribution in [-0.4, -0.2) is 11.7 Å². The molecule has 1 aromatic heterocycles. The second kappa shape index (κ2) is 4.88. The van der Waals surface area contributed by atoms with Crippen LogP contribution in [0.5, 0.6) is 0 Å². The number of nitrogens with one attached hydrogen (secondary N) is 1. The quantitative estimate of drug-likeness (QED) is 0.942. The fourth-order valence-corrected chi connectivity index (χ4v) is 2.72. The van der Waals surface area contributed by atoms with Gasteiger partial charge in [-0.25, -0.2) is 0 Å². The van der Waals surface area contributed by atoms with E-state index in [2.05, 4.69) is 5.32 Å². The predicted octanol–water partition coefficient (Wildman–Crippen LogP) is 2.61. The normalized spacial score (nSPS) is 15.8. The van der Waals surface area contributed by atoms with Crippen LogP contribution >= 0.6 is 0 Å². The third kappa shape index (κ3) is 2.37. The molecule has 0 atom stereocenters. The third-order valence-corrected chi connectivity index (χ3v) is 4.09. The molecule has 1 aromatic carbocycles. The molecule has 0 bridgehead atoms. The van der Waals surface area contributed by atoms with E-state index < -0.39 is 5.41 Å². The molecule has 2 aromatic rings. The van der Waals surface area contributed by atoms with Gasteiger partial charge in [-0.05, 0) is 49.2 Å². The Morgan fingerprint density at radius 1 is 1.33 bits per heavy atom. The lowest BCUT2D eigenvalue weighted by Crippen LogP contribution is -2.24. The van der Waals surface area contributed by atoms with Gasteiger partial charge in [-0.1, -0.05) is 6.07 Å². The maximum Gasteiger partial charge on any atom is 0.251 e. The van der Waals surface area contributed by atoms with E-state index >= 15 is 0 Å². The first kappa shape index (κ1) is 13.6. The van der Waals surface area contributed by atoms with E-state index in [0.29, 0.717) is 24.3 Å². The number of fused-ring (bicyclic) bond motifs is 1. The van der Waals surface area contributed by atoms with Gasteiger partial charge in [-0.15, -0.1) is 0 Å². The molecule has 3 rings (SSSR count). The maximum absolute atomic E-state index is 12.1. The second-order valence-corrected chi connectivity index (χ2v) is 5.86. The third-order valence-electron chi connectivity index (χ3n) is 4.09. The van der Waals surface area contributed by atoms with Crippen LogP contribution in [0.25, 0.3) is 0 Å². The molecule has 1 N–H and O–H groups in total. The van der Waals surface area contributed by atoms with Crippen LogP contribution in [0, 0.1) is 0 Å². The average Bonchev–Trinajstić information content (AvgIpc) is 3.04. The van der Waals surface area contributed by atoms with Crippen molar-refractivity contribution in [3.63, 3.8) is 0 Å². The summed E-state index contributed by atoms with van der Waals surface area (Å²) in [7, 11) is 0. The Morgan fingerprint density at radius 2 is 2.14 bits per heavy atom. The zero-order chi connectivity index (χ0) is 15.0. The Labute approximate surface area is 123 Å². The van der Waals surface area contributed by atoms with E-state index in [0.717, 1.165) is 11.1 Å². The Balaban J connectivity index is 1.77. The fourth-order valence-electron chi connectivity index (χ4n) is 2.72. The Hall–Kier alpha value is -2.36. The van der Waals surface area contributed by atoms with Crippen molar-refractivity contribution in [1.29, 1.82) is 0 Å². The molecule has 1 aliphatic rings. The first-order valence-corrected chi connectivity index (χ1v) is 6.96. The zero-order valence-corrected chi connectivity index (χ0v) is 12.1. The van der Waals surface area contributed by atoms with Gasteiger partial charge in [0, 0.05) is 17.4 Å². The minimum Gasteiger partial charge on any atom is -0.467 e. The molecule has 0 radical (unpaired) electrons. The number of carbonyl (C=O) groups is 2. The number of benzene rings is 1. The minimum absolute atomic E-state index is 0.161. The van der Waals surface area contributed by atoms with Crippen LogP contribution in [0.4, 0.5) is 0 Å². The van der Waals surface area contributed by atoms with Crippen molar-refractivity contribution in [2.75, 3.05) is 0 Å². The van der Waals surface area contributed by atoms with E-state index in [4.69, 9.17) is 4.42 Å². The van der Waals surface area contributed by atoms with Crippen molar-refractivity contribution in [3.8, 4) is 0 Å². The van der Waals surface area contributed by atoms with Gasteiger partial charge in [0.05, 0.1) is 12.8 Å². The van der Waals surface area contributed by atoms with Gasteiger partial charge < -0.3 is 9.73 Å². The van der Waals surface area contributed by atoms with Crippen LogP contribution in [-0.2, 0) is 23.2 Å². The fraction of sp³-hybridized carbons (Fsp3) is 0.294. The predicted molar refractivity (Wildman–Crippen MR) is 78.1 cm³/mol. The number of Topliss-reactive ketones (excluding diaryl/α,β-unsaturated/α-hetero) is 1. The molecule has 0 saturated heterocycles. The van der Waals surface area contributed by atoms with E-state index in [1.807, 2.05) is 32.0 Å². The monoisotopic (exact) mass is 283 g/mol. The molecule has 1 aliphatic carbocycles. The lowest BCUT2D eigenvalue weighted by molar-refractivity contribution is -0.121. The van der Waals surface area contributed by atoms with Crippen LogP contribution in [0.15, 0.2) is 41.0 Å². The van der Waals surface area contributed by atoms with E-state index in [1.165, 1.54) is 0 Å². The summed E-state index contributed by atoms with van der Waals surface area (Å²) in [5, 5.41) is 2.81. The Morgan fingerprint density at radius 3 is 2.86 bits per heavy atom. The smallest absolute Gasteiger partial charge is 0.251 e. The topological polar surface area (TPSA) is 59.3 Å². The Kier molecular flexibility index (Phi) is 3.16. The molecule has 0 aliphatic heterocycles. The minimum atomic E-state index is -0.446. The molecule has 108 valence electrons.